The van der Waals surface area contributed by atoms with Gasteiger partial charge in [0.1, 0.15) is 5.84 Å². The van der Waals surface area contributed by atoms with Gasteiger partial charge in [-0.15, -0.1) is 0 Å². The molecular weight excluding hydrogens is 607 g/mol. The van der Waals surface area contributed by atoms with Gasteiger partial charge in [0.25, 0.3) is 0 Å². The Morgan fingerprint density at radius 3 is 1.88 bits per heavy atom. The minimum Gasteiger partial charge on any atom is -0.299 e. The van der Waals surface area contributed by atoms with Crippen LogP contribution in [-0.4, -0.2) is 15.4 Å². The van der Waals surface area contributed by atoms with E-state index in [1.165, 1.54) is 38.1 Å². The highest BCUT2D eigenvalue weighted by Gasteiger charge is 2.33. The van der Waals surface area contributed by atoms with Gasteiger partial charge in [0.15, 0.2) is 6.17 Å². The Balaban J connectivity index is 1.22. The van der Waals surface area contributed by atoms with Crippen LogP contribution in [0.3, 0.4) is 0 Å². The Morgan fingerprint density at radius 1 is 0.460 bits per heavy atom. The van der Waals surface area contributed by atoms with Crippen molar-refractivity contribution in [1.82, 2.24) is 4.98 Å². The first-order valence-electron chi connectivity index (χ1n) is 17.1. The Kier molecular flexibility index (Phi) is 6.56. The molecule has 234 valence electrons. The monoisotopic (exact) mass is 637 g/mol. The predicted octanol–water partition coefficient (Wildman–Crippen LogP) is 12.2. The second-order valence-electron chi connectivity index (χ2n) is 13.0. The SMILES string of the molecule is c1ccc(-c2nc3cc([N+]4=C(c5ccc6ccccc6c5)[N-]C4c4ccc5ccccc5c4)ccc3c3c(-c4ccccc4)cccc23)cc1. The molecule has 0 saturated heterocycles. The molecule has 0 aliphatic carbocycles. The summed E-state index contributed by atoms with van der Waals surface area (Å²) in [5.74, 6) is 0.960. The Labute approximate surface area is 290 Å². The topological polar surface area (TPSA) is 30.0 Å². The van der Waals surface area contributed by atoms with E-state index in [2.05, 4.69) is 187 Å². The van der Waals surface area contributed by atoms with Crippen molar-refractivity contribution in [2.24, 2.45) is 0 Å². The van der Waals surface area contributed by atoms with Gasteiger partial charge in [0, 0.05) is 33.0 Å². The number of aromatic nitrogens is 1. The van der Waals surface area contributed by atoms with Gasteiger partial charge in [0.2, 0.25) is 0 Å². The van der Waals surface area contributed by atoms with Crippen LogP contribution < -0.4 is 0 Å². The maximum absolute atomic E-state index is 5.42. The molecule has 3 nitrogen and oxygen atoms in total. The lowest BCUT2D eigenvalue weighted by atomic mass is 9.92. The van der Waals surface area contributed by atoms with Crippen LogP contribution >= 0.6 is 0 Å². The molecule has 1 aromatic heterocycles. The van der Waals surface area contributed by atoms with E-state index < -0.39 is 0 Å². The molecule has 0 amide bonds. The average Bonchev–Trinajstić information content (AvgIpc) is 3.17. The van der Waals surface area contributed by atoms with Crippen LogP contribution in [0.5, 0.6) is 0 Å². The summed E-state index contributed by atoms with van der Waals surface area (Å²) in [5.41, 5.74) is 8.78. The lowest BCUT2D eigenvalue weighted by molar-refractivity contribution is -0.501. The molecule has 0 N–H and O–H groups in total. The highest BCUT2D eigenvalue weighted by molar-refractivity contribution is 6.17. The smallest absolute Gasteiger partial charge is 0.155 e. The van der Waals surface area contributed by atoms with E-state index in [1.807, 2.05) is 0 Å². The molecule has 0 spiro atoms. The fourth-order valence-electron chi connectivity index (χ4n) is 7.56. The molecular formula is C47H31N3. The second-order valence-corrected chi connectivity index (χ2v) is 13.0. The first-order valence-corrected chi connectivity index (χ1v) is 17.1. The molecule has 2 heterocycles. The molecule has 1 atom stereocenters. The maximum atomic E-state index is 5.42. The fourth-order valence-corrected chi connectivity index (χ4v) is 7.56. The molecule has 9 aromatic rings. The summed E-state index contributed by atoms with van der Waals surface area (Å²) in [5, 5.41) is 13.7. The first-order chi connectivity index (χ1) is 24.8. The van der Waals surface area contributed by atoms with Crippen LogP contribution in [0.1, 0.15) is 17.3 Å². The van der Waals surface area contributed by atoms with Crippen molar-refractivity contribution in [2.75, 3.05) is 0 Å². The van der Waals surface area contributed by atoms with Crippen molar-refractivity contribution in [1.29, 1.82) is 0 Å². The third-order valence-corrected chi connectivity index (χ3v) is 10.0. The van der Waals surface area contributed by atoms with Crippen LogP contribution in [0.15, 0.2) is 182 Å². The van der Waals surface area contributed by atoms with E-state index in [9.17, 15) is 0 Å². The lowest BCUT2D eigenvalue weighted by Gasteiger charge is -2.37. The normalized spacial score (nSPS) is 14.3. The van der Waals surface area contributed by atoms with Crippen molar-refractivity contribution in [2.45, 2.75) is 6.17 Å². The first kappa shape index (κ1) is 28.4. The van der Waals surface area contributed by atoms with Crippen molar-refractivity contribution < 1.29 is 4.58 Å². The highest BCUT2D eigenvalue weighted by atomic mass is 15.3. The summed E-state index contributed by atoms with van der Waals surface area (Å²) in [6.45, 7) is 0. The molecule has 1 aliphatic rings. The van der Waals surface area contributed by atoms with E-state index in [1.54, 1.807) is 0 Å². The van der Waals surface area contributed by atoms with Gasteiger partial charge in [-0.3, -0.25) is 4.58 Å². The molecule has 50 heavy (non-hydrogen) atoms. The quantitative estimate of drug-likeness (QED) is 0.136. The van der Waals surface area contributed by atoms with Gasteiger partial charge < -0.3 is 0 Å². The second kappa shape index (κ2) is 11.5. The summed E-state index contributed by atoms with van der Waals surface area (Å²) in [6.07, 6.45) is -0.160. The molecule has 0 radical (unpaired) electrons. The fraction of sp³-hybridized carbons (Fsp3) is 0.0213. The zero-order valence-electron chi connectivity index (χ0n) is 27.2. The van der Waals surface area contributed by atoms with Gasteiger partial charge in [0.05, 0.1) is 11.2 Å². The zero-order valence-corrected chi connectivity index (χ0v) is 27.2. The van der Waals surface area contributed by atoms with E-state index >= 15 is 0 Å². The van der Waals surface area contributed by atoms with Gasteiger partial charge in [-0.25, -0.2) is 10.3 Å². The lowest BCUT2D eigenvalue weighted by Crippen LogP contribution is -2.33. The Morgan fingerprint density at radius 2 is 1.12 bits per heavy atom. The number of pyridine rings is 1. The molecule has 0 saturated carbocycles. The third kappa shape index (κ3) is 4.67. The third-order valence-electron chi connectivity index (χ3n) is 10.0. The average molecular weight is 638 g/mol. The predicted molar refractivity (Wildman–Crippen MR) is 208 cm³/mol. The summed E-state index contributed by atoms with van der Waals surface area (Å²) in [6, 6.07) is 65.0. The molecule has 1 unspecified atom stereocenters. The number of nitrogens with zero attached hydrogens (tertiary/aromatic N) is 3. The molecule has 8 aromatic carbocycles. The minimum absolute atomic E-state index is 0.160. The number of amidine groups is 1. The van der Waals surface area contributed by atoms with E-state index in [4.69, 9.17) is 10.3 Å². The van der Waals surface area contributed by atoms with Gasteiger partial charge in [-0.1, -0.05) is 158 Å². The highest BCUT2D eigenvalue weighted by Crippen LogP contribution is 2.44. The molecule has 1 aliphatic heterocycles. The zero-order chi connectivity index (χ0) is 33.0. The van der Waals surface area contributed by atoms with Crippen LogP contribution in [0.4, 0.5) is 5.69 Å². The van der Waals surface area contributed by atoms with E-state index in [0.717, 1.165) is 50.2 Å². The number of fused-ring (bicyclic) bond motifs is 5. The molecule has 0 fully saturated rings. The van der Waals surface area contributed by atoms with Crippen molar-refractivity contribution in [3.8, 4) is 22.4 Å². The molecule has 10 rings (SSSR count). The van der Waals surface area contributed by atoms with Crippen molar-refractivity contribution in [3.05, 3.63) is 198 Å². The Hall–Kier alpha value is -6.58. The number of hydrogen-bond donors (Lipinski definition) is 0. The van der Waals surface area contributed by atoms with Gasteiger partial charge >= 0.3 is 0 Å². The van der Waals surface area contributed by atoms with Crippen LogP contribution in [0, 0.1) is 0 Å². The summed E-state index contributed by atoms with van der Waals surface area (Å²) in [4.78, 5) is 5.42. The maximum Gasteiger partial charge on any atom is 0.155 e. The van der Waals surface area contributed by atoms with Crippen LogP contribution in [0.25, 0.3) is 70.9 Å². The van der Waals surface area contributed by atoms with Crippen molar-refractivity contribution >= 4 is 54.7 Å². The molecule has 3 heteroatoms. The largest absolute Gasteiger partial charge is 0.299 e. The van der Waals surface area contributed by atoms with Crippen LogP contribution in [-0.2, 0) is 0 Å². The minimum atomic E-state index is -0.160. The standard InChI is InChI=1S/C47H31N3/c1-3-14-33(15-4-1)40-20-11-21-42-44(40)41-27-26-39(30-43(41)48-45(42)34-16-5-2-6-17-34)50-46(37-24-22-31-12-7-9-18-35(31)28-37)49-47(50)38-25-23-32-13-8-10-19-36(32)29-38/h1-30,46H. The van der Waals surface area contributed by atoms with Gasteiger partial charge in [-0.05, 0) is 62.5 Å². The van der Waals surface area contributed by atoms with Crippen molar-refractivity contribution in [3.63, 3.8) is 0 Å². The number of benzene rings is 8. The summed E-state index contributed by atoms with van der Waals surface area (Å²) >= 11 is 0. The van der Waals surface area contributed by atoms with E-state index in [0.29, 0.717) is 0 Å². The molecule has 0 bridgehead atoms. The van der Waals surface area contributed by atoms with Gasteiger partial charge in [-0.2, -0.15) is 0 Å². The summed E-state index contributed by atoms with van der Waals surface area (Å²) < 4.78 is 2.38. The van der Waals surface area contributed by atoms with Crippen LogP contribution in [0.2, 0.25) is 0 Å². The number of hydrogen-bond acceptors (Lipinski definition) is 1. The van der Waals surface area contributed by atoms with E-state index in [-0.39, 0.29) is 6.17 Å². The number of rotatable bonds is 5. The Bertz CT molecular complexity index is 2780. The summed E-state index contributed by atoms with van der Waals surface area (Å²) in [7, 11) is 0.